The van der Waals surface area contributed by atoms with Crippen molar-refractivity contribution in [1.29, 1.82) is 0 Å². The minimum absolute atomic E-state index is 0.261. The molecule has 0 saturated carbocycles. The lowest BCUT2D eigenvalue weighted by Gasteiger charge is -2.11. The minimum atomic E-state index is -0.541. The minimum Gasteiger partial charge on any atom is -0.489 e. The molecule has 0 atom stereocenters. The molecule has 132 valence electrons. The fourth-order valence-electron chi connectivity index (χ4n) is 1.81. The first-order chi connectivity index (χ1) is 12.0. The van der Waals surface area contributed by atoms with Crippen molar-refractivity contribution in [1.82, 2.24) is 5.32 Å². The first kappa shape index (κ1) is 18.9. The fraction of sp³-hybridized carbons (Fsp3) is 0.176. The molecule has 0 radical (unpaired) electrons. The quantitative estimate of drug-likeness (QED) is 0.486. The number of benzene rings is 2. The maximum Gasteiger partial charge on any atom is 0.321 e. The maximum atomic E-state index is 11.7. The lowest BCUT2D eigenvalue weighted by Crippen LogP contribution is -2.31. The van der Waals surface area contributed by atoms with Crippen molar-refractivity contribution in [3.8, 4) is 11.5 Å². The maximum absolute atomic E-state index is 11.7. The van der Waals surface area contributed by atoms with Gasteiger partial charge in [-0.05, 0) is 47.1 Å². The molecule has 2 aromatic carbocycles. The summed E-state index contributed by atoms with van der Waals surface area (Å²) in [5.41, 5.74) is 0.794. The Balaban J connectivity index is 2.12. The predicted octanol–water partition coefficient (Wildman–Crippen LogP) is 3.66. The fourth-order valence-corrected chi connectivity index (χ4v) is 2.10. The van der Waals surface area contributed by atoms with Crippen LogP contribution in [0.4, 0.5) is 0 Å². The van der Waals surface area contributed by atoms with Gasteiger partial charge in [-0.1, -0.05) is 29.3 Å². The van der Waals surface area contributed by atoms with Crippen molar-refractivity contribution in [3.05, 3.63) is 58.1 Å². The molecule has 25 heavy (non-hydrogen) atoms. The molecule has 0 spiro atoms. The first-order valence-corrected chi connectivity index (χ1v) is 7.97. The van der Waals surface area contributed by atoms with Crippen LogP contribution in [0.1, 0.15) is 5.56 Å². The highest BCUT2D eigenvalue weighted by Gasteiger charge is 2.16. The monoisotopic (exact) mass is 382 g/mol. The Hall–Kier alpha value is -2.44. The van der Waals surface area contributed by atoms with Gasteiger partial charge in [-0.3, -0.25) is 4.79 Å². The number of nitrogens with one attached hydrogen (secondary N) is 1. The van der Waals surface area contributed by atoms with Crippen LogP contribution in [0, 0.1) is 0 Å². The third-order valence-corrected chi connectivity index (χ3v) is 3.58. The molecular weight excluding hydrogens is 367 g/mol. The van der Waals surface area contributed by atoms with Crippen LogP contribution in [-0.2, 0) is 16.2 Å². The van der Waals surface area contributed by atoms with Gasteiger partial charge in [0.05, 0.1) is 5.02 Å². The molecule has 0 bridgehead atoms. The van der Waals surface area contributed by atoms with Crippen molar-refractivity contribution in [2.75, 3.05) is 14.2 Å². The zero-order valence-electron chi connectivity index (χ0n) is 13.6. The Morgan fingerprint density at radius 1 is 1.16 bits per heavy atom. The molecule has 2 rings (SSSR count). The Morgan fingerprint density at radius 3 is 2.52 bits per heavy atom. The van der Waals surface area contributed by atoms with Crippen LogP contribution in [0.3, 0.4) is 0 Å². The van der Waals surface area contributed by atoms with E-state index in [-0.39, 0.29) is 18.3 Å². The summed E-state index contributed by atoms with van der Waals surface area (Å²) < 4.78 is 11.1. The average molecular weight is 383 g/mol. The van der Waals surface area contributed by atoms with E-state index in [4.69, 9.17) is 32.7 Å². The number of halogens is 2. The summed E-state index contributed by atoms with van der Waals surface area (Å²) in [5, 5.41) is 6.90. The number of carbonyl (C=O) groups is 1. The summed E-state index contributed by atoms with van der Waals surface area (Å²) in [4.78, 5) is 16.3. The summed E-state index contributed by atoms with van der Waals surface area (Å²) in [7, 11) is 2.76. The summed E-state index contributed by atoms with van der Waals surface area (Å²) in [6.07, 6.45) is 0. The number of nitrogens with zero attached hydrogens (tertiary/aromatic N) is 1. The van der Waals surface area contributed by atoms with Gasteiger partial charge < -0.3 is 19.6 Å². The summed E-state index contributed by atoms with van der Waals surface area (Å²) in [6, 6.07) is 12.1. The van der Waals surface area contributed by atoms with Crippen molar-refractivity contribution >= 4 is 35.0 Å². The van der Waals surface area contributed by atoms with Crippen LogP contribution < -0.4 is 14.8 Å². The molecule has 0 unspecified atom stereocenters. The lowest BCUT2D eigenvalue weighted by molar-refractivity contribution is -0.115. The third kappa shape index (κ3) is 5.55. The number of amides is 1. The second-order valence-electron chi connectivity index (χ2n) is 4.77. The number of likely N-dealkylation sites (N-methyl/N-ethyl adjacent to an activating group) is 1. The topological polar surface area (TPSA) is 69.2 Å². The van der Waals surface area contributed by atoms with Crippen LogP contribution >= 0.6 is 23.2 Å². The molecule has 0 aliphatic carbocycles. The second kappa shape index (κ2) is 9.15. The van der Waals surface area contributed by atoms with Gasteiger partial charge in [-0.15, -0.1) is 0 Å². The number of carbonyl (C=O) groups excluding carboxylic acids is 1. The molecule has 1 amide bonds. The van der Waals surface area contributed by atoms with Crippen molar-refractivity contribution in [2.45, 2.75) is 6.61 Å². The molecule has 6 nitrogen and oxygen atoms in total. The van der Waals surface area contributed by atoms with Gasteiger partial charge in [0, 0.05) is 12.1 Å². The second-order valence-corrected chi connectivity index (χ2v) is 5.61. The van der Waals surface area contributed by atoms with E-state index in [2.05, 4.69) is 15.3 Å². The van der Waals surface area contributed by atoms with Crippen LogP contribution in [0.2, 0.25) is 10.0 Å². The molecule has 8 heteroatoms. The molecule has 1 N–H and O–H groups in total. The number of oxime groups is 1. The zero-order valence-corrected chi connectivity index (χ0v) is 15.1. The smallest absolute Gasteiger partial charge is 0.321 e. The van der Waals surface area contributed by atoms with Gasteiger partial charge in [-0.2, -0.15) is 0 Å². The van der Waals surface area contributed by atoms with E-state index >= 15 is 0 Å². The van der Waals surface area contributed by atoms with E-state index in [0.29, 0.717) is 15.8 Å². The molecule has 0 fully saturated rings. The molecule has 0 heterocycles. The standard InChI is InChI=1S/C17H16Cl2N2O4/c1-20-16(22)17(21-23-2)25-15-9-11(3-8-14(15)19)10-24-13-6-4-12(18)5-7-13/h3-9H,10H2,1-2H3,(H,20,22). The lowest BCUT2D eigenvalue weighted by atomic mass is 10.2. The highest BCUT2D eigenvalue weighted by Crippen LogP contribution is 2.27. The SMILES string of the molecule is CNC(=O)C(=NOC)Oc1cc(COc2ccc(Cl)cc2)ccc1Cl. The van der Waals surface area contributed by atoms with E-state index in [0.717, 1.165) is 5.56 Å². The molecule has 0 aromatic heterocycles. The van der Waals surface area contributed by atoms with Crippen LogP contribution in [0.25, 0.3) is 0 Å². The Labute approximate surface area is 155 Å². The van der Waals surface area contributed by atoms with E-state index in [1.165, 1.54) is 14.2 Å². The summed E-state index contributed by atoms with van der Waals surface area (Å²) in [6.45, 7) is 0.284. The molecular formula is C17H16Cl2N2O4. The zero-order chi connectivity index (χ0) is 18.2. The Bertz CT molecular complexity index is 764. The Morgan fingerprint density at radius 2 is 1.88 bits per heavy atom. The van der Waals surface area contributed by atoms with Gasteiger partial charge >= 0.3 is 11.8 Å². The predicted molar refractivity (Wildman–Crippen MR) is 96.4 cm³/mol. The van der Waals surface area contributed by atoms with Gasteiger partial charge in [0.15, 0.2) is 0 Å². The highest BCUT2D eigenvalue weighted by molar-refractivity contribution is 6.36. The van der Waals surface area contributed by atoms with Gasteiger partial charge in [-0.25, -0.2) is 0 Å². The van der Waals surface area contributed by atoms with E-state index in [9.17, 15) is 4.79 Å². The number of rotatable bonds is 5. The van der Waals surface area contributed by atoms with E-state index in [1.54, 1.807) is 42.5 Å². The van der Waals surface area contributed by atoms with Gasteiger partial charge in [0.1, 0.15) is 25.2 Å². The normalized spacial score (nSPS) is 11.0. The molecule has 2 aromatic rings. The van der Waals surface area contributed by atoms with Crippen LogP contribution in [0.15, 0.2) is 47.6 Å². The van der Waals surface area contributed by atoms with E-state index < -0.39 is 5.91 Å². The van der Waals surface area contributed by atoms with Crippen LogP contribution in [0.5, 0.6) is 11.5 Å². The average Bonchev–Trinajstić information content (AvgIpc) is 2.62. The number of hydrogen-bond acceptors (Lipinski definition) is 5. The number of hydrogen-bond donors (Lipinski definition) is 1. The molecule has 0 aliphatic heterocycles. The van der Waals surface area contributed by atoms with E-state index in [1.807, 2.05) is 0 Å². The third-order valence-electron chi connectivity index (χ3n) is 3.02. The van der Waals surface area contributed by atoms with Crippen LogP contribution in [-0.4, -0.2) is 26.0 Å². The molecule has 0 saturated heterocycles. The Kier molecular flexibility index (Phi) is 6.91. The van der Waals surface area contributed by atoms with Crippen molar-refractivity contribution in [3.63, 3.8) is 0 Å². The molecule has 0 aliphatic rings. The summed E-state index contributed by atoms with van der Waals surface area (Å²) >= 11 is 12.0. The number of ether oxygens (including phenoxy) is 2. The summed E-state index contributed by atoms with van der Waals surface area (Å²) in [5.74, 6) is 0.135. The highest BCUT2D eigenvalue weighted by atomic mass is 35.5. The van der Waals surface area contributed by atoms with Crippen molar-refractivity contribution < 1.29 is 19.1 Å². The first-order valence-electron chi connectivity index (χ1n) is 7.21. The van der Waals surface area contributed by atoms with Gasteiger partial charge in [0.25, 0.3) is 0 Å². The largest absolute Gasteiger partial charge is 0.489 e. The van der Waals surface area contributed by atoms with Gasteiger partial charge in [0.2, 0.25) is 0 Å². The van der Waals surface area contributed by atoms with Crippen molar-refractivity contribution in [2.24, 2.45) is 5.16 Å².